The van der Waals surface area contributed by atoms with Gasteiger partial charge in [0.15, 0.2) is 0 Å². The molecular formula is C34H37N3O3. The van der Waals surface area contributed by atoms with Crippen molar-refractivity contribution in [3.05, 3.63) is 114 Å². The van der Waals surface area contributed by atoms with Crippen molar-refractivity contribution < 1.29 is 14.7 Å². The molecule has 2 unspecified atom stereocenters. The number of nitrogens with zero attached hydrogens (tertiary/aromatic N) is 2. The van der Waals surface area contributed by atoms with Crippen LogP contribution in [0.25, 0.3) is 0 Å². The van der Waals surface area contributed by atoms with Crippen LogP contribution in [0.15, 0.2) is 102 Å². The van der Waals surface area contributed by atoms with Gasteiger partial charge in [-0.1, -0.05) is 91.7 Å². The molecule has 1 aliphatic carbocycles. The van der Waals surface area contributed by atoms with E-state index in [0.717, 1.165) is 57.5 Å². The minimum Gasteiger partial charge on any atom is -0.478 e. The maximum atomic E-state index is 13.5. The Balaban J connectivity index is 1.46. The fraction of sp³-hybridized carbons (Fsp3) is 0.324. The highest BCUT2D eigenvalue weighted by atomic mass is 16.4. The molecule has 0 radical (unpaired) electrons. The van der Waals surface area contributed by atoms with Crippen LogP contribution in [-0.4, -0.2) is 34.3 Å². The number of amidine groups is 1. The van der Waals surface area contributed by atoms with E-state index in [4.69, 9.17) is 4.99 Å². The zero-order valence-corrected chi connectivity index (χ0v) is 22.8. The maximum absolute atomic E-state index is 13.5. The molecule has 2 atom stereocenters. The molecule has 1 heterocycles. The zero-order valence-electron chi connectivity index (χ0n) is 22.8. The Hall–Kier alpha value is -4.19. The van der Waals surface area contributed by atoms with E-state index in [1.165, 1.54) is 17.2 Å². The molecule has 1 saturated carbocycles. The fourth-order valence-corrected chi connectivity index (χ4v) is 6.12. The second-order valence-corrected chi connectivity index (χ2v) is 10.8. The number of carbonyl (C=O) groups is 2. The predicted octanol–water partition coefficient (Wildman–Crippen LogP) is 7.05. The number of rotatable bonds is 7. The Morgan fingerprint density at radius 1 is 0.900 bits per heavy atom. The van der Waals surface area contributed by atoms with Crippen LogP contribution in [0.4, 0.5) is 5.69 Å². The van der Waals surface area contributed by atoms with Crippen LogP contribution < -0.4 is 5.32 Å². The Morgan fingerprint density at radius 2 is 1.62 bits per heavy atom. The second-order valence-electron chi connectivity index (χ2n) is 10.8. The molecule has 1 fully saturated rings. The number of aliphatic imine (C=N–C) groups is 1. The van der Waals surface area contributed by atoms with Gasteiger partial charge in [-0.3, -0.25) is 9.79 Å². The van der Waals surface area contributed by atoms with Crippen molar-refractivity contribution in [1.29, 1.82) is 0 Å². The number of nitrogens with one attached hydrogen (secondary N) is 1. The highest BCUT2D eigenvalue weighted by Gasteiger charge is 2.42. The van der Waals surface area contributed by atoms with E-state index in [1.807, 2.05) is 12.1 Å². The first kappa shape index (κ1) is 27.4. The van der Waals surface area contributed by atoms with E-state index in [0.29, 0.717) is 12.1 Å². The lowest BCUT2D eigenvalue weighted by Crippen LogP contribution is -2.46. The summed E-state index contributed by atoms with van der Waals surface area (Å²) < 4.78 is 0. The Kier molecular flexibility index (Phi) is 8.74. The predicted molar refractivity (Wildman–Crippen MR) is 159 cm³/mol. The first-order valence-corrected chi connectivity index (χ1v) is 14.3. The number of hydrogen-bond donors (Lipinski definition) is 2. The van der Waals surface area contributed by atoms with E-state index in [-0.39, 0.29) is 22.8 Å². The van der Waals surface area contributed by atoms with E-state index in [1.54, 1.807) is 18.2 Å². The topological polar surface area (TPSA) is 82.0 Å². The van der Waals surface area contributed by atoms with Crippen LogP contribution >= 0.6 is 0 Å². The average molecular weight is 536 g/mol. The van der Waals surface area contributed by atoms with Crippen molar-refractivity contribution in [2.75, 3.05) is 11.9 Å². The van der Waals surface area contributed by atoms with E-state index in [9.17, 15) is 14.7 Å². The number of benzene rings is 3. The lowest BCUT2D eigenvalue weighted by atomic mass is 9.68. The summed E-state index contributed by atoms with van der Waals surface area (Å²) in [5.41, 5.74) is 2.59. The third-order valence-corrected chi connectivity index (χ3v) is 8.18. The second kappa shape index (κ2) is 12.8. The number of anilines is 1. The van der Waals surface area contributed by atoms with Gasteiger partial charge in [0.1, 0.15) is 5.84 Å². The number of aromatic carboxylic acids is 1. The van der Waals surface area contributed by atoms with Crippen molar-refractivity contribution in [2.45, 2.75) is 56.9 Å². The van der Waals surface area contributed by atoms with Crippen molar-refractivity contribution >= 4 is 23.4 Å². The number of hydrogen-bond acceptors (Lipinski definition) is 4. The van der Waals surface area contributed by atoms with Gasteiger partial charge in [0.05, 0.1) is 16.7 Å². The molecule has 3 aromatic rings. The minimum atomic E-state index is -1.05. The molecule has 0 spiro atoms. The van der Waals surface area contributed by atoms with Gasteiger partial charge in [-0.15, -0.1) is 0 Å². The zero-order chi connectivity index (χ0) is 27.8. The van der Waals surface area contributed by atoms with E-state index >= 15 is 0 Å². The summed E-state index contributed by atoms with van der Waals surface area (Å²) >= 11 is 0. The molecule has 6 heteroatoms. The summed E-state index contributed by atoms with van der Waals surface area (Å²) in [5.74, 6) is -0.292. The average Bonchev–Trinajstić information content (AvgIpc) is 3.20. The summed E-state index contributed by atoms with van der Waals surface area (Å²) in [6, 6.07) is 27.7. The number of carboxylic acid groups (broad SMARTS) is 1. The lowest BCUT2D eigenvalue weighted by molar-refractivity contribution is -0.120. The van der Waals surface area contributed by atoms with Crippen LogP contribution in [-0.2, 0) is 16.8 Å². The normalized spacial score (nSPS) is 21.4. The fourth-order valence-electron chi connectivity index (χ4n) is 6.12. The van der Waals surface area contributed by atoms with Gasteiger partial charge in [0.25, 0.3) is 0 Å². The van der Waals surface area contributed by atoms with Crippen LogP contribution in [0.2, 0.25) is 0 Å². The Bertz CT molecular complexity index is 1370. The summed E-state index contributed by atoms with van der Waals surface area (Å²) in [5, 5.41) is 12.5. The summed E-state index contributed by atoms with van der Waals surface area (Å²) in [6.45, 7) is 1.47. The monoisotopic (exact) mass is 535 g/mol. The lowest BCUT2D eigenvalue weighted by Gasteiger charge is -2.42. The van der Waals surface area contributed by atoms with Crippen LogP contribution in [0, 0.1) is 5.92 Å². The van der Waals surface area contributed by atoms with Crippen LogP contribution in [0.5, 0.6) is 0 Å². The third-order valence-electron chi connectivity index (χ3n) is 8.18. The summed E-state index contributed by atoms with van der Waals surface area (Å²) in [6.07, 6.45) is 10.4. The molecule has 0 bridgehead atoms. The molecule has 5 rings (SSSR count). The molecule has 1 amide bonds. The molecule has 3 aromatic carbocycles. The van der Waals surface area contributed by atoms with Gasteiger partial charge in [0.2, 0.25) is 5.91 Å². The SMILES string of the molecule is O=C(O)c1ccccc1NC(=O)C1CCCCC(C2=NCCC=CN2Cc2ccccc2)(c2ccccc2)CC1. The number of carbonyl (C=O) groups excluding carboxylic acids is 1. The molecule has 2 N–H and O–H groups in total. The first-order chi connectivity index (χ1) is 19.6. The van der Waals surface area contributed by atoms with Crippen LogP contribution in [0.1, 0.15) is 66.4 Å². The summed E-state index contributed by atoms with van der Waals surface area (Å²) in [4.78, 5) is 32.8. The molecule has 6 nitrogen and oxygen atoms in total. The Morgan fingerprint density at radius 3 is 2.40 bits per heavy atom. The van der Waals surface area contributed by atoms with E-state index in [2.05, 4.69) is 71.0 Å². The van der Waals surface area contributed by atoms with E-state index < -0.39 is 5.97 Å². The largest absolute Gasteiger partial charge is 0.478 e. The van der Waals surface area contributed by atoms with Gasteiger partial charge in [-0.25, -0.2) is 4.79 Å². The standard InChI is InChI=1S/C34H37N3O3/c38-31(36-30-19-8-7-18-29(30)32(39)40)27-15-9-10-21-34(22-20-27,28-16-5-2-6-17-28)33-35-23-11-12-24-37(33)25-26-13-3-1-4-14-26/h1-8,12-14,16-19,24,27H,9-11,15,20-23,25H2,(H,36,38)(H,39,40). The molecule has 2 aliphatic rings. The maximum Gasteiger partial charge on any atom is 0.337 e. The number of amides is 1. The molecular weight excluding hydrogens is 498 g/mol. The van der Waals surface area contributed by atoms with Gasteiger partial charge in [-0.05, 0) is 55.4 Å². The van der Waals surface area contributed by atoms with Crippen molar-refractivity contribution in [1.82, 2.24) is 4.90 Å². The van der Waals surface area contributed by atoms with Crippen molar-refractivity contribution in [3.8, 4) is 0 Å². The van der Waals surface area contributed by atoms with Crippen LogP contribution in [0.3, 0.4) is 0 Å². The van der Waals surface area contributed by atoms with Gasteiger partial charge in [-0.2, -0.15) is 0 Å². The third kappa shape index (κ3) is 6.17. The minimum absolute atomic E-state index is 0.108. The van der Waals surface area contributed by atoms with Gasteiger partial charge >= 0.3 is 5.97 Å². The van der Waals surface area contributed by atoms with Gasteiger partial charge in [0, 0.05) is 25.2 Å². The molecule has 0 saturated heterocycles. The quantitative estimate of drug-likeness (QED) is 0.340. The van der Waals surface area contributed by atoms with Crippen molar-refractivity contribution in [2.24, 2.45) is 10.9 Å². The van der Waals surface area contributed by atoms with Crippen molar-refractivity contribution in [3.63, 3.8) is 0 Å². The van der Waals surface area contributed by atoms with Gasteiger partial charge < -0.3 is 15.3 Å². The summed E-state index contributed by atoms with van der Waals surface area (Å²) in [7, 11) is 0. The highest BCUT2D eigenvalue weighted by Crippen LogP contribution is 2.42. The number of carboxylic acids is 1. The molecule has 1 aliphatic heterocycles. The first-order valence-electron chi connectivity index (χ1n) is 14.3. The highest BCUT2D eigenvalue weighted by molar-refractivity contribution is 6.01. The number of para-hydroxylation sites is 1. The molecule has 206 valence electrons. The smallest absolute Gasteiger partial charge is 0.337 e. The molecule has 40 heavy (non-hydrogen) atoms. The molecule has 0 aromatic heterocycles. The Labute approximate surface area is 236 Å².